The largest absolute Gasteiger partial charge is 0.493 e. The normalized spacial score (nSPS) is 15.1. The Bertz CT molecular complexity index is 1580. The van der Waals surface area contributed by atoms with Crippen LogP contribution in [0, 0.1) is 0 Å². The maximum Gasteiger partial charge on any atom is 0.264 e. The van der Waals surface area contributed by atoms with Crippen LogP contribution in [0.5, 0.6) is 11.5 Å². The van der Waals surface area contributed by atoms with Gasteiger partial charge in [0.05, 0.1) is 17.7 Å². The van der Waals surface area contributed by atoms with Crippen LogP contribution >= 0.6 is 11.8 Å². The molecule has 4 aromatic rings. The summed E-state index contributed by atoms with van der Waals surface area (Å²) in [5, 5.41) is 5.76. The lowest BCUT2D eigenvalue weighted by atomic mass is 10.0. The molecule has 0 bridgehead atoms. The predicted molar refractivity (Wildman–Crippen MR) is 162 cm³/mol. The van der Waals surface area contributed by atoms with E-state index in [1.807, 2.05) is 54.6 Å². The predicted octanol–water partition coefficient (Wildman–Crippen LogP) is 7.61. The Hall–Kier alpha value is -4.29. The van der Waals surface area contributed by atoms with Crippen LogP contribution in [0.2, 0.25) is 0 Å². The molecule has 39 heavy (non-hydrogen) atoms. The van der Waals surface area contributed by atoms with Crippen molar-refractivity contribution in [3.63, 3.8) is 0 Å². The lowest BCUT2D eigenvalue weighted by Crippen LogP contribution is -2.19. The number of nitrogens with zero attached hydrogens (tertiary/aromatic N) is 1. The maximum atomic E-state index is 12.7. The van der Waals surface area contributed by atoms with Gasteiger partial charge in [0.1, 0.15) is 6.61 Å². The number of amidine groups is 1. The summed E-state index contributed by atoms with van der Waals surface area (Å²) in [7, 11) is 1.63. The molecule has 0 atom stereocenters. The molecule has 5 nitrogen and oxygen atoms in total. The lowest BCUT2D eigenvalue weighted by Gasteiger charge is -2.17. The number of hydrogen-bond donors (Lipinski definition) is 1. The van der Waals surface area contributed by atoms with Gasteiger partial charge in [0.2, 0.25) is 0 Å². The molecule has 1 aliphatic rings. The minimum atomic E-state index is -0.176. The highest BCUT2D eigenvalue weighted by molar-refractivity contribution is 8.18. The number of nitrogens with one attached hydrogen (secondary N) is 1. The minimum Gasteiger partial charge on any atom is -0.493 e. The van der Waals surface area contributed by atoms with Gasteiger partial charge in [-0.05, 0) is 82.4 Å². The molecule has 0 aromatic heterocycles. The first-order valence-corrected chi connectivity index (χ1v) is 13.7. The van der Waals surface area contributed by atoms with Crippen molar-refractivity contribution in [3.8, 4) is 11.5 Å². The Labute approximate surface area is 233 Å². The van der Waals surface area contributed by atoms with Crippen LogP contribution in [0.1, 0.15) is 29.2 Å². The number of carbonyl (C=O) groups is 1. The average Bonchev–Trinajstić information content (AvgIpc) is 3.30. The minimum absolute atomic E-state index is 0.176. The van der Waals surface area contributed by atoms with Gasteiger partial charge in [-0.15, -0.1) is 6.58 Å². The monoisotopic (exact) mass is 534 g/mol. The van der Waals surface area contributed by atoms with Crippen LogP contribution in [-0.4, -0.2) is 18.2 Å². The second kappa shape index (κ2) is 12.0. The van der Waals surface area contributed by atoms with E-state index in [1.165, 1.54) is 22.7 Å². The van der Waals surface area contributed by atoms with E-state index in [1.54, 1.807) is 7.11 Å². The van der Waals surface area contributed by atoms with E-state index in [9.17, 15) is 4.79 Å². The summed E-state index contributed by atoms with van der Waals surface area (Å²) in [6.07, 6.45) is 5.26. The maximum absolute atomic E-state index is 12.7. The van der Waals surface area contributed by atoms with Crippen LogP contribution in [0.15, 0.2) is 101 Å². The zero-order chi connectivity index (χ0) is 27.2. The number of methoxy groups -OCH3 is 1. The number of ether oxygens (including phenoxy) is 2. The second-order valence-electron chi connectivity index (χ2n) is 9.13. The molecular formula is C33H30N2O3S. The molecule has 196 valence electrons. The highest BCUT2D eigenvalue weighted by Gasteiger charge is 2.24. The van der Waals surface area contributed by atoms with E-state index in [-0.39, 0.29) is 5.91 Å². The number of carbonyl (C=O) groups excluding carboxylic acids is 1. The Morgan fingerprint density at radius 1 is 1.00 bits per heavy atom. The fourth-order valence-corrected chi connectivity index (χ4v) is 5.35. The van der Waals surface area contributed by atoms with Gasteiger partial charge in [0.15, 0.2) is 16.7 Å². The van der Waals surface area contributed by atoms with E-state index < -0.39 is 0 Å². The van der Waals surface area contributed by atoms with E-state index in [2.05, 4.69) is 60.2 Å². The highest BCUT2D eigenvalue weighted by Crippen LogP contribution is 2.37. The SMILES string of the molecule is C=CCc1cc(/C=C2\SC(=Nc3ccc(CC)cc3)NC2=O)cc(OC)c1OCc1cccc2ccccc12. The summed E-state index contributed by atoms with van der Waals surface area (Å²) >= 11 is 1.32. The molecule has 0 unspecified atom stereocenters. The fourth-order valence-electron chi connectivity index (χ4n) is 4.51. The van der Waals surface area contributed by atoms with Gasteiger partial charge >= 0.3 is 0 Å². The molecule has 0 spiro atoms. The van der Waals surface area contributed by atoms with Gasteiger partial charge in [0, 0.05) is 5.56 Å². The van der Waals surface area contributed by atoms with E-state index in [0.717, 1.165) is 34.2 Å². The average molecular weight is 535 g/mol. The first kappa shape index (κ1) is 26.3. The van der Waals surface area contributed by atoms with Crippen LogP contribution in [0.25, 0.3) is 16.8 Å². The van der Waals surface area contributed by atoms with Crippen molar-refractivity contribution in [3.05, 3.63) is 119 Å². The molecule has 1 N–H and O–H groups in total. The summed E-state index contributed by atoms with van der Waals surface area (Å²) in [4.78, 5) is 17.9. The molecule has 1 heterocycles. The molecule has 1 amide bonds. The molecular weight excluding hydrogens is 504 g/mol. The number of hydrogen-bond acceptors (Lipinski definition) is 5. The smallest absolute Gasteiger partial charge is 0.264 e. The first-order valence-electron chi connectivity index (χ1n) is 12.9. The van der Waals surface area contributed by atoms with Crippen molar-refractivity contribution in [2.75, 3.05) is 7.11 Å². The topological polar surface area (TPSA) is 59.9 Å². The van der Waals surface area contributed by atoms with Gasteiger partial charge in [-0.2, -0.15) is 0 Å². The third-order valence-corrected chi connectivity index (χ3v) is 7.42. The third-order valence-electron chi connectivity index (χ3n) is 6.51. The zero-order valence-corrected chi connectivity index (χ0v) is 22.9. The van der Waals surface area contributed by atoms with Crippen molar-refractivity contribution in [1.29, 1.82) is 0 Å². The van der Waals surface area contributed by atoms with Crippen molar-refractivity contribution in [2.24, 2.45) is 4.99 Å². The van der Waals surface area contributed by atoms with Crippen molar-refractivity contribution < 1.29 is 14.3 Å². The van der Waals surface area contributed by atoms with Gasteiger partial charge in [-0.25, -0.2) is 4.99 Å². The molecule has 6 heteroatoms. The number of allylic oxidation sites excluding steroid dienone is 1. The Morgan fingerprint density at radius 2 is 1.79 bits per heavy atom. The second-order valence-corrected chi connectivity index (χ2v) is 10.2. The zero-order valence-electron chi connectivity index (χ0n) is 22.1. The lowest BCUT2D eigenvalue weighted by molar-refractivity contribution is -0.115. The number of aryl methyl sites for hydroxylation is 1. The quantitative estimate of drug-likeness (QED) is 0.177. The number of amides is 1. The van der Waals surface area contributed by atoms with Crippen LogP contribution in [-0.2, 0) is 24.2 Å². The van der Waals surface area contributed by atoms with E-state index in [0.29, 0.717) is 34.6 Å². The Balaban J connectivity index is 1.40. The highest BCUT2D eigenvalue weighted by atomic mass is 32.2. The number of rotatable bonds is 9. The summed E-state index contributed by atoms with van der Waals surface area (Å²) in [5.74, 6) is 1.10. The number of aliphatic imine (C=N–C) groups is 1. The van der Waals surface area contributed by atoms with Crippen LogP contribution in [0.4, 0.5) is 5.69 Å². The molecule has 1 aliphatic heterocycles. The summed E-state index contributed by atoms with van der Waals surface area (Å²) < 4.78 is 12.1. The standard InChI is InChI=1S/C33H30N2O3S/c1-4-9-25-18-23(20-30-32(36)35-33(39-30)34-27-16-14-22(5-2)15-17-27)19-29(37-3)31(25)38-21-26-12-8-11-24-10-6-7-13-28(24)26/h4,6-8,10-20H,1,5,9,21H2,2-3H3,(H,34,35,36)/b30-20-. The molecule has 0 radical (unpaired) electrons. The van der Waals surface area contributed by atoms with Gasteiger partial charge < -0.3 is 14.8 Å². The van der Waals surface area contributed by atoms with Crippen molar-refractivity contribution in [1.82, 2.24) is 5.32 Å². The van der Waals surface area contributed by atoms with Gasteiger partial charge in [-0.3, -0.25) is 4.79 Å². The molecule has 0 aliphatic carbocycles. The number of benzene rings is 4. The molecule has 1 saturated heterocycles. The Morgan fingerprint density at radius 3 is 2.56 bits per heavy atom. The third kappa shape index (κ3) is 6.07. The fraction of sp³-hybridized carbons (Fsp3) is 0.152. The number of thioether (sulfide) groups is 1. The van der Waals surface area contributed by atoms with E-state index in [4.69, 9.17) is 9.47 Å². The molecule has 0 saturated carbocycles. The van der Waals surface area contributed by atoms with Crippen LogP contribution in [0.3, 0.4) is 0 Å². The molecule has 1 fully saturated rings. The first-order chi connectivity index (χ1) is 19.1. The summed E-state index contributed by atoms with van der Waals surface area (Å²) in [5.41, 5.74) is 4.92. The Kier molecular flexibility index (Phi) is 8.13. The van der Waals surface area contributed by atoms with E-state index >= 15 is 0 Å². The van der Waals surface area contributed by atoms with Crippen molar-refractivity contribution in [2.45, 2.75) is 26.4 Å². The van der Waals surface area contributed by atoms with Crippen molar-refractivity contribution >= 4 is 45.4 Å². The van der Waals surface area contributed by atoms with Gasteiger partial charge in [-0.1, -0.05) is 67.6 Å². The van der Waals surface area contributed by atoms with Crippen LogP contribution < -0.4 is 14.8 Å². The number of fused-ring (bicyclic) bond motifs is 1. The van der Waals surface area contributed by atoms with Gasteiger partial charge in [0.25, 0.3) is 5.91 Å². The summed E-state index contributed by atoms with van der Waals surface area (Å²) in [6, 6.07) is 26.4. The molecule has 4 aromatic carbocycles. The summed E-state index contributed by atoms with van der Waals surface area (Å²) in [6.45, 7) is 6.44. The molecule has 5 rings (SSSR count).